The molecule has 0 bridgehead atoms. The lowest BCUT2D eigenvalue weighted by Crippen LogP contribution is -2.06. The zero-order valence-corrected chi connectivity index (χ0v) is 14.8. The van der Waals surface area contributed by atoms with Crippen molar-refractivity contribution in [1.82, 2.24) is 35.2 Å². The summed E-state index contributed by atoms with van der Waals surface area (Å²) in [7, 11) is 3.35. The van der Waals surface area contributed by atoms with Gasteiger partial charge in [0.05, 0.1) is 27.0 Å². The van der Waals surface area contributed by atoms with Gasteiger partial charge in [-0.05, 0) is 30.7 Å². The lowest BCUT2D eigenvalue weighted by atomic mass is 10.2. The summed E-state index contributed by atoms with van der Waals surface area (Å²) in [6.45, 7) is 2.38. The number of hydrogen-bond donors (Lipinski definition) is 0. The Labute approximate surface area is 150 Å². The molecule has 0 aromatic carbocycles. The predicted molar refractivity (Wildman–Crippen MR) is 91.7 cm³/mol. The summed E-state index contributed by atoms with van der Waals surface area (Å²) in [6, 6.07) is 3.94. The second-order valence-corrected chi connectivity index (χ2v) is 6.27. The lowest BCUT2D eigenvalue weighted by Gasteiger charge is -2.08. The molecule has 1 aliphatic rings. The summed E-state index contributed by atoms with van der Waals surface area (Å²) in [5.41, 5.74) is 1.71. The summed E-state index contributed by atoms with van der Waals surface area (Å²) >= 11 is 0. The minimum absolute atomic E-state index is 0.405. The van der Waals surface area contributed by atoms with Crippen molar-refractivity contribution >= 4 is 0 Å². The van der Waals surface area contributed by atoms with Gasteiger partial charge in [-0.3, -0.25) is 4.98 Å². The summed E-state index contributed by atoms with van der Waals surface area (Å²) < 4.78 is 11.1. The summed E-state index contributed by atoms with van der Waals surface area (Å²) in [6.07, 6.45) is 4.46. The smallest absolute Gasteiger partial charge is 0.228 e. The highest BCUT2D eigenvalue weighted by atomic mass is 16.5. The van der Waals surface area contributed by atoms with Gasteiger partial charge in [-0.2, -0.15) is 9.78 Å². The average Bonchev–Trinajstić information content (AvgIpc) is 3.31. The Morgan fingerprint density at radius 2 is 2.12 bits per heavy atom. The fourth-order valence-corrected chi connectivity index (χ4v) is 2.82. The number of aryl methyl sites for hydroxylation is 2. The molecule has 3 aromatic rings. The van der Waals surface area contributed by atoms with Gasteiger partial charge in [0, 0.05) is 23.7 Å². The molecule has 0 spiro atoms. The molecule has 0 N–H and O–H groups in total. The van der Waals surface area contributed by atoms with Gasteiger partial charge in [-0.1, -0.05) is 0 Å². The van der Waals surface area contributed by atoms with Gasteiger partial charge in [-0.15, -0.1) is 10.2 Å². The fraction of sp³-hybridized carbons (Fsp3) is 0.412. The third-order valence-electron chi connectivity index (χ3n) is 4.36. The molecule has 1 saturated carbocycles. The highest BCUT2D eigenvalue weighted by molar-refractivity contribution is 5.59. The molecule has 0 unspecified atom stereocenters. The fourth-order valence-electron chi connectivity index (χ4n) is 2.82. The molecule has 0 aliphatic heterocycles. The molecule has 0 saturated heterocycles. The van der Waals surface area contributed by atoms with Gasteiger partial charge in [0.2, 0.25) is 11.7 Å². The van der Waals surface area contributed by atoms with Crippen LogP contribution in [-0.4, -0.2) is 48.9 Å². The molecule has 134 valence electrons. The van der Waals surface area contributed by atoms with E-state index in [1.54, 1.807) is 26.6 Å². The van der Waals surface area contributed by atoms with Gasteiger partial charge in [0.15, 0.2) is 0 Å². The number of pyridine rings is 1. The first-order valence-electron chi connectivity index (χ1n) is 8.35. The van der Waals surface area contributed by atoms with E-state index in [4.69, 9.17) is 9.47 Å². The van der Waals surface area contributed by atoms with Gasteiger partial charge >= 0.3 is 0 Å². The van der Waals surface area contributed by atoms with Crippen LogP contribution in [0, 0.1) is 12.8 Å². The highest BCUT2D eigenvalue weighted by Crippen LogP contribution is 2.47. The van der Waals surface area contributed by atoms with Gasteiger partial charge < -0.3 is 9.47 Å². The molecule has 1 fully saturated rings. The van der Waals surface area contributed by atoms with Crippen molar-refractivity contribution < 1.29 is 9.47 Å². The maximum Gasteiger partial charge on any atom is 0.228 e. The van der Waals surface area contributed by atoms with Crippen LogP contribution in [0.25, 0.3) is 11.4 Å². The first kappa shape index (κ1) is 16.4. The van der Waals surface area contributed by atoms with E-state index in [1.807, 2.05) is 19.1 Å². The summed E-state index contributed by atoms with van der Waals surface area (Å²) in [5, 5.41) is 12.1. The standard InChI is InChI=1S/C17H19N7O2/c1-10-18-8-14(16-21-23-24(2)22-16)17(20-10)26-9-11-6-13(11)15-5-4-12(25-3)7-19-15/h4-5,7-8,11,13H,6,9H2,1-3H3/t11-,13+/m0/s1. The van der Waals surface area contributed by atoms with E-state index < -0.39 is 0 Å². The maximum absolute atomic E-state index is 5.98. The largest absolute Gasteiger partial charge is 0.495 e. The Bertz CT molecular complexity index is 910. The van der Waals surface area contributed by atoms with Crippen molar-refractivity contribution in [3.63, 3.8) is 0 Å². The van der Waals surface area contributed by atoms with Crippen LogP contribution in [-0.2, 0) is 7.05 Å². The van der Waals surface area contributed by atoms with Crippen LogP contribution in [0.5, 0.6) is 11.6 Å². The van der Waals surface area contributed by atoms with Crippen LogP contribution in [0.3, 0.4) is 0 Å². The van der Waals surface area contributed by atoms with Crippen LogP contribution >= 0.6 is 0 Å². The normalized spacial score (nSPS) is 18.6. The van der Waals surface area contributed by atoms with Crippen LogP contribution in [0.1, 0.15) is 23.9 Å². The Morgan fingerprint density at radius 1 is 1.23 bits per heavy atom. The molecule has 9 heteroatoms. The molecule has 2 atom stereocenters. The molecular weight excluding hydrogens is 334 g/mol. The van der Waals surface area contributed by atoms with Crippen molar-refractivity contribution in [2.45, 2.75) is 19.3 Å². The Balaban J connectivity index is 1.44. The van der Waals surface area contributed by atoms with E-state index in [2.05, 4.69) is 30.4 Å². The van der Waals surface area contributed by atoms with E-state index in [0.717, 1.165) is 17.9 Å². The van der Waals surface area contributed by atoms with Crippen molar-refractivity contribution in [1.29, 1.82) is 0 Å². The quantitative estimate of drug-likeness (QED) is 0.658. The Kier molecular flexibility index (Phi) is 4.19. The summed E-state index contributed by atoms with van der Waals surface area (Å²) in [4.78, 5) is 14.5. The SMILES string of the molecule is COc1ccc([C@@H]2C[C@H]2COc2nc(C)ncc2-c2nnn(C)n2)nc1. The topological polar surface area (TPSA) is 101 Å². The van der Waals surface area contributed by atoms with Crippen LogP contribution in [0.15, 0.2) is 24.5 Å². The van der Waals surface area contributed by atoms with E-state index in [9.17, 15) is 0 Å². The molecule has 0 amide bonds. The van der Waals surface area contributed by atoms with E-state index in [1.165, 1.54) is 4.80 Å². The zero-order valence-electron chi connectivity index (χ0n) is 14.8. The van der Waals surface area contributed by atoms with Crippen LogP contribution < -0.4 is 9.47 Å². The third kappa shape index (κ3) is 3.32. The number of hydrogen-bond acceptors (Lipinski definition) is 8. The molecule has 1 aliphatic carbocycles. The molecular formula is C17H19N7O2. The van der Waals surface area contributed by atoms with Gasteiger partial charge in [-0.25, -0.2) is 4.98 Å². The van der Waals surface area contributed by atoms with Crippen molar-refractivity contribution in [3.05, 3.63) is 36.0 Å². The van der Waals surface area contributed by atoms with Crippen molar-refractivity contribution in [3.8, 4) is 23.0 Å². The Hall–Kier alpha value is -3.10. The number of ether oxygens (including phenoxy) is 2. The second kappa shape index (κ2) is 6.66. The average molecular weight is 353 g/mol. The van der Waals surface area contributed by atoms with Gasteiger partial charge in [0.1, 0.15) is 17.1 Å². The predicted octanol–water partition coefficient (Wildman–Crippen LogP) is 1.56. The van der Waals surface area contributed by atoms with E-state index in [0.29, 0.717) is 41.5 Å². The van der Waals surface area contributed by atoms with E-state index in [-0.39, 0.29) is 0 Å². The first-order valence-corrected chi connectivity index (χ1v) is 8.35. The molecule has 3 heterocycles. The molecule has 3 aromatic heterocycles. The Morgan fingerprint density at radius 3 is 2.81 bits per heavy atom. The third-order valence-corrected chi connectivity index (χ3v) is 4.36. The van der Waals surface area contributed by atoms with Crippen molar-refractivity contribution in [2.75, 3.05) is 13.7 Å². The minimum atomic E-state index is 0.405. The molecule has 4 rings (SSSR count). The number of tetrazole rings is 1. The van der Waals surface area contributed by atoms with Gasteiger partial charge in [0.25, 0.3) is 0 Å². The minimum Gasteiger partial charge on any atom is -0.495 e. The second-order valence-electron chi connectivity index (χ2n) is 6.27. The van der Waals surface area contributed by atoms with Crippen LogP contribution in [0.4, 0.5) is 0 Å². The number of methoxy groups -OCH3 is 1. The van der Waals surface area contributed by atoms with E-state index >= 15 is 0 Å². The number of nitrogens with zero attached hydrogens (tertiary/aromatic N) is 7. The highest BCUT2D eigenvalue weighted by Gasteiger charge is 2.40. The molecule has 9 nitrogen and oxygen atoms in total. The first-order chi connectivity index (χ1) is 12.6. The molecule has 26 heavy (non-hydrogen) atoms. The molecule has 0 radical (unpaired) electrons. The monoisotopic (exact) mass is 353 g/mol. The maximum atomic E-state index is 5.98. The van der Waals surface area contributed by atoms with Crippen LogP contribution in [0.2, 0.25) is 0 Å². The van der Waals surface area contributed by atoms with Crippen molar-refractivity contribution in [2.24, 2.45) is 13.0 Å². The zero-order chi connectivity index (χ0) is 18.1. The number of aromatic nitrogens is 7. The summed E-state index contributed by atoms with van der Waals surface area (Å²) in [5.74, 6) is 3.15. The lowest BCUT2D eigenvalue weighted by molar-refractivity contribution is 0.285. The number of rotatable bonds is 6.